The van der Waals surface area contributed by atoms with Crippen molar-refractivity contribution in [1.82, 2.24) is 4.90 Å². The highest BCUT2D eigenvalue weighted by atomic mass is 16.2. The van der Waals surface area contributed by atoms with Crippen LogP contribution in [0.4, 0.5) is 0 Å². The minimum atomic E-state index is 0.363. The fraction of sp³-hybridized carbons (Fsp3) is 0.933. The summed E-state index contributed by atoms with van der Waals surface area (Å²) in [5.41, 5.74) is 5.60. The molecule has 1 heterocycles. The Balaban J connectivity index is 2.40. The molecule has 106 valence electrons. The molecule has 18 heavy (non-hydrogen) atoms. The Bertz CT molecular complexity index is 253. The van der Waals surface area contributed by atoms with Crippen molar-refractivity contribution in [1.29, 1.82) is 0 Å². The molecule has 1 aliphatic heterocycles. The van der Waals surface area contributed by atoms with Gasteiger partial charge in [-0.15, -0.1) is 0 Å². The van der Waals surface area contributed by atoms with Gasteiger partial charge in [0.1, 0.15) is 0 Å². The summed E-state index contributed by atoms with van der Waals surface area (Å²) in [6, 6.07) is 0.479. The summed E-state index contributed by atoms with van der Waals surface area (Å²) in [5, 5.41) is 0. The molecule has 0 radical (unpaired) electrons. The Morgan fingerprint density at radius 2 is 2.11 bits per heavy atom. The van der Waals surface area contributed by atoms with Crippen LogP contribution in [0, 0.1) is 11.8 Å². The lowest BCUT2D eigenvalue weighted by Gasteiger charge is -2.28. The van der Waals surface area contributed by atoms with E-state index in [0.29, 0.717) is 30.2 Å². The Labute approximate surface area is 112 Å². The normalized spacial score (nSPS) is 21.6. The van der Waals surface area contributed by atoms with Gasteiger partial charge in [-0.3, -0.25) is 4.79 Å². The second kappa shape index (κ2) is 7.78. The summed E-state index contributed by atoms with van der Waals surface area (Å²) < 4.78 is 0. The van der Waals surface area contributed by atoms with E-state index in [1.807, 2.05) is 0 Å². The second-order valence-electron chi connectivity index (χ2n) is 5.93. The van der Waals surface area contributed by atoms with Crippen molar-refractivity contribution in [2.75, 3.05) is 13.1 Å². The molecule has 1 saturated heterocycles. The van der Waals surface area contributed by atoms with E-state index in [2.05, 4.69) is 25.7 Å². The lowest BCUT2D eigenvalue weighted by atomic mass is 9.96. The molecule has 3 nitrogen and oxygen atoms in total. The maximum Gasteiger partial charge on any atom is 0.222 e. The molecule has 2 unspecified atom stereocenters. The summed E-state index contributed by atoms with van der Waals surface area (Å²) in [6.07, 6.45) is 6.27. The number of hydrogen-bond acceptors (Lipinski definition) is 2. The zero-order valence-corrected chi connectivity index (χ0v) is 12.3. The first-order chi connectivity index (χ1) is 8.60. The van der Waals surface area contributed by atoms with Crippen LogP contribution in [0.1, 0.15) is 59.3 Å². The number of carbonyl (C=O) groups is 1. The summed E-state index contributed by atoms with van der Waals surface area (Å²) >= 11 is 0. The van der Waals surface area contributed by atoms with E-state index >= 15 is 0 Å². The molecule has 2 atom stereocenters. The van der Waals surface area contributed by atoms with Crippen molar-refractivity contribution in [3.63, 3.8) is 0 Å². The van der Waals surface area contributed by atoms with Gasteiger partial charge in [0.15, 0.2) is 0 Å². The van der Waals surface area contributed by atoms with Crippen LogP contribution in [-0.2, 0) is 4.79 Å². The third kappa shape index (κ3) is 4.27. The summed E-state index contributed by atoms with van der Waals surface area (Å²) in [6.45, 7) is 8.34. The topological polar surface area (TPSA) is 46.3 Å². The maximum atomic E-state index is 12.3. The number of hydrogen-bond donors (Lipinski definition) is 1. The molecule has 2 N–H and O–H groups in total. The molecule has 1 aliphatic rings. The molecule has 0 aliphatic carbocycles. The van der Waals surface area contributed by atoms with Crippen LogP contribution in [0.3, 0.4) is 0 Å². The van der Waals surface area contributed by atoms with Crippen LogP contribution in [0.25, 0.3) is 0 Å². The number of amides is 1. The second-order valence-corrected chi connectivity index (χ2v) is 5.93. The number of carbonyl (C=O) groups excluding carboxylic acids is 1. The van der Waals surface area contributed by atoms with Gasteiger partial charge in [-0.2, -0.15) is 0 Å². The number of nitrogens with two attached hydrogens (primary N) is 1. The first kappa shape index (κ1) is 15.5. The van der Waals surface area contributed by atoms with E-state index < -0.39 is 0 Å². The van der Waals surface area contributed by atoms with Crippen LogP contribution in [0.5, 0.6) is 0 Å². The van der Waals surface area contributed by atoms with Gasteiger partial charge in [0.2, 0.25) is 5.91 Å². The maximum absolute atomic E-state index is 12.3. The third-order valence-electron chi connectivity index (χ3n) is 4.31. The standard InChI is InChI=1S/C15H30N2O/c1-4-13(9-10-16)7-8-15(18)17-11-5-6-14(17)12(2)3/h12-14H,4-11,16H2,1-3H3. The molecular weight excluding hydrogens is 224 g/mol. The van der Waals surface area contributed by atoms with Crippen molar-refractivity contribution in [3.8, 4) is 0 Å². The van der Waals surface area contributed by atoms with Crippen LogP contribution >= 0.6 is 0 Å². The molecule has 1 amide bonds. The van der Waals surface area contributed by atoms with Crippen LogP contribution in [-0.4, -0.2) is 29.9 Å². The third-order valence-corrected chi connectivity index (χ3v) is 4.31. The number of rotatable bonds is 7. The molecule has 0 bridgehead atoms. The van der Waals surface area contributed by atoms with E-state index in [1.165, 1.54) is 12.8 Å². The van der Waals surface area contributed by atoms with E-state index in [9.17, 15) is 4.79 Å². The monoisotopic (exact) mass is 254 g/mol. The zero-order valence-electron chi connectivity index (χ0n) is 12.3. The van der Waals surface area contributed by atoms with Crippen LogP contribution in [0.15, 0.2) is 0 Å². The fourth-order valence-electron chi connectivity index (χ4n) is 3.05. The van der Waals surface area contributed by atoms with E-state index in [1.54, 1.807) is 0 Å². The average molecular weight is 254 g/mol. The molecular formula is C15H30N2O. The van der Waals surface area contributed by atoms with Gasteiger partial charge in [0.05, 0.1) is 0 Å². The predicted octanol–water partition coefficient (Wildman–Crippen LogP) is 2.79. The zero-order chi connectivity index (χ0) is 13.5. The molecule has 1 rings (SSSR count). The van der Waals surface area contributed by atoms with Crippen LogP contribution in [0.2, 0.25) is 0 Å². The Kier molecular flexibility index (Phi) is 6.69. The lowest BCUT2D eigenvalue weighted by molar-refractivity contribution is -0.133. The molecule has 0 aromatic rings. The highest BCUT2D eigenvalue weighted by Crippen LogP contribution is 2.25. The highest BCUT2D eigenvalue weighted by molar-refractivity contribution is 5.76. The average Bonchev–Trinajstić information content (AvgIpc) is 2.83. The van der Waals surface area contributed by atoms with E-state index in [4.69, 9.17) is 5.73 Å². The Morgan fingerprint density at radius 3 is 2.67 bits per heavy atom. The Hall–Kier alpha value is -0.570. The van der Waals surface area contributed by atoms with Gasteiger partial charge in [-0.05, 0) is 44.1 Å². The first-order valence-electron chi connectivity index (χ1n) is 7.59. The molecule has 0 saturated carbocycles. The van der Waals surface area contributed by atoms with E-state index in [-0.39, 0.29) is 0 Å². The minimum absolute atomic E-state index is 0.363. The van der Waals surface area contributed by atoms with Gasteiger partial charge in [-0.1, -0.05) is 27.2 Å². The molecule has 3 heteroatoms. The first-order valence-corrected chi connectivity index (χ1v) is 7.59. The summed E-state index contributed by atoms with van der Waals surface area (Å²) in [5.74, 6) is 1.57. The van der Waals surface area contributed by atoms with Gasteiger partial charge >= 0.3 is 0 Å². The van der Waals surface area contributed by atoms with Crippen molar-refractivity contribution in [3.05, 3.63) is 0 Å². The van der Waals surface area contributed by atoms with Gasteiger partial charge < -0.3 is 10.6 Å². The van der Waals surface area contributed by atoms with Crippen molar-refractivity contribution in [2.24, 2.45) is 17.6 Å². The summed E-state index contributed by atoms with van der Waals surface area (Å²) in [7, 11) is 0. The van der Waals surface area contributed by atoms with Crippen molar-refractivity contribution < 1.29 is 4.79 Å². The molecule has 0 aromatic carbocycles. The highest BCUT2D eigenvalue weighted by Gasteiger charge is 2.30. The van der Waals surface area contributed by atoms with E-state index in [0.717, 1.165) is 32.4 Å². The SMILES string of the molecule is CCC(CCN)CCC(=O)N1CCCC1C(C)C. The lowest BCUT2D eigenvalue weighted by Crippen LogP contribution is -2.38. The fourth-order valence-corrected chi connectivity index (χ4v) is 3.05. The van der Waals surface area contributed by atoms with Crippen molar-refractivity contribution in [2.45, 2.75) is 65.3 Å². The van der Waals surface area contributed by atoms with Gasteiger partial charge in [0, 0.05) is 19.0 Å². The minimum Gasteiger partial charge on any atom is -0.339 e. The van der Waals surface area contributed by atoms with Crippen molar-refractivity contribution >= 4 is 5.91 Å². The molecule has 1 fully saturated rings. The molecule has 0 spiro atoms. The Morgan fingerprint density at radius 1 is 1.39 bits per heavy atom. The smallest absolute Gasteiger partial charge is 0.222 e. The molecule has 0 aromatic heterocycles. The predicted molar refractivity (Wildman–Crippen MR) is 76.3 cm³/mol. The van der Waals surface area contributed by atoms with Gasteiger partial charge in [-0.25, -0.2) is 0 Å². The van der Waals surface area contributed by atoms with Crippen LogP contribution < -0.4 is 5.73 Å². The quantitative estimate of drug-likeness (QED) is 0.759. The summed E-state index contributed by atoms with van der Waals surface area (Å²) in [4.78, 5) is 14.4. The van der Waals surface area contributed by atoms with Gasteiger partial charge in [0.25, 0.3) is 0 Å². The number of nitrogens with zero attached hydrogens (tertiary/aromatic N) is 1. The number of likely N-dealkylation sites (tertiary alicyclic amines) is 1. The largest absolute Gasteiger partial charge is 0.339 e.